The van der Waals surface area contributed by atoms with Gasteiger partial charge in [0.15, 0.2) is 11.6 Å². The average molecular weight is 361 g/mol. The van der Waals surface area contributed by atoms with Crippen molar-refractivity contribution in [3.63, 3.8) is 0 Å². The molecule has 1 fully saturated rings. The molecule has 0 bridgehead atoms. The minimum Gasteiger partial charge on any atom is -0.393 e. The van der Waals surface area contributed by atoms with E-state index in [0.29, 0.717) is 11.5 Å². The molecule has 1 saturated heterocycles. The molecule has 1 aliphatic heterocycles. The van der Waals surface area contributed by atoms with Crippen LogP contribution in [0, 0.1) is 6.92 Å². The zero-order valence-corrected chi connectivity index (χ0v) is 15.3. The minimum absolute atomic E-state index is 0.550. The zero-order chi connectivity index (χ0) is 18.6. The molecule has 27 heavy (non-hydrogen) atoms. The van der Waals surface area contributed by atoms with Crippen molar-refractivity contribution in [1.29, 1.82) is 0 Å². The van der Waals surface area contributed by atoms with Crippen molar-refractivity contribution in [2.24, 2.45) is 0 Å². The number of rotatable bonds is 4. The highest BCUT2D eigenvalue weighted by atomic mass is 15.3. The van der Waals surface area contributed by atoms with Crippen molar-refractivity contribution in [2.75, 3.05) is 47.0 Å². The summed E-state index contributed by atoms with van der Waals surface area (Å²) in [6.45, 7) is 5.52. The molecule has 4 rings (SSSR count). The lowest BCUT2D eigenvalue weighted by atomic mass is 10.2. The fourth-order valence-electron chi connectivity index (χ4n) is 3.29. The van der Waals surface area contributed by atoms with Gasteiger partial charge in [0.2, 0.25) is 0 Å². The highest BCUT2D eigenvalue weighted by Crippen LogP contribution is 2.29. The maximum atomic E-state index is 6.38. The van der Waals surface area contributed by atoms with Crippen LogP contribution in [0.25, 0.3) is 0 Å². The van der Waals surface area contributed by atoms with Gasteiger partial charge in [0.05, 0.1) is 0 Å². The number of nitrogens with zero attached hydrogens (tertiary/aromatic N) is 5. The standard InChI is InChI=1S/C20H23N7/c1-15-6-5-9-17(24-15)25-19-18(21)20(23-14-22-19)27-12-10-26(11-13-27)16-7-3-2-4-8-16/h2-9,14H,10-13,21H2,1H3,(H,22,23,24,25). The van der Waals surface area contributed by atoms with Crippen LogP contribution in [0.1, 0.15) is 5.69 Å². The third-order valence-electron chi connectivity index (χ3n) is 4.70. The molecule has 0 aliphatic carbocycles. The molecular formula is C20H23N7. The summed E-state index contributed by atoms with van der Waals surface area (Å²) in [5.74, 6) is 2.08. The lowest BCUT2D eigenvalue weighted by Gasteiger charge is -2.37. The quantitative estimate of drug-likeness (QED) is 0.739. The van der Waals surface area contributed by atoms with E-state index in [9.17, 15) is 0 Å². The third-order valence-corrected chi connectivity index (χ3v) is 4.70. The summed E-state index contributed by atoms with van der Waals surface area (Å²) < 4.78 is 0. The van der Waals surface area contributed by atoms with Crippen molar-refractivity contribution in [3.8, 4) is 0 Å². The molecule has 2 aromatic heterocycles. The first kappa shape index (κ1) is 17.1. The summed E-state index contributed by atoms with van der Waals surface area (Å²) in [5.41, 5.74) is 9.11. The van der Waals surface area contributed by atoms with Crippen LogP contribution in [0.3, 0.4) is 0 Å². The van der Waals surface area contributed by atoms with Gasteiger partial charge in [0, 0.05) is 37.6 Å². The van der Waals surface area contributed by atoms with Crippen molar-refractivity contribution in [1.82, 2.24) is 15.0 Å². The molecule has 7 nitrogen and oxygen atoms in total. The number of hydrogen-bond donors (Lipinski definition) is 2. The number of anilines is 5. The van der Waals surface area contributed by atoms with E-state index >= 15 is 0 Å². The Bertz CT molecular complexity index is 905. The predicted molar refractivity (Wildman–Crippen MR) is 110 cm³/mol. The summed E-state index contributed by atoms with van der Waals surface area (Å²) in [6.07, 6.45) is 1.55. The summed E-state index contributed by atoms with van der Waals surface area (Å²) in [7, 11) is 0. The van der Waals surface area contributed by atoms with Gasteiger partial charge in [0.25, 0.3) is 0 Å². The Labute approximate surface area is 158 Å². The normalized spacial score (nSPS) is 14.3. The van der Waals surface area contributed by atoms with E-state index in [1.54, 1.807) is 6.33 Å². The number of nitrogen functional groups attached to an aromatic ring is 1. The number of benzene rings is 1. The van der Waals surface area contributed by atoms with Crippen LogP contribution in [0.4, 0.5) is 28.8 Å². The first-order chi connectivity index (χ1) is 13.2. The molecule has 3 heterocycles. The van der Waals surface area contributed by atoms with Crippen molar-refractivity contribution < 1.29 is 0 Å². The average Bonchev–Trinajstić information content (AvgIpc) is 2.71. The van der Waals surface area contributed by atoms with Crippen molar-refractivity contribution >= 4 is 28.8 Å². The number of hydrogen-bond acceptors (Lipinski definition) is 7. The molecule has 0 spiro atoms. The molecule has 138 valence electrons. The van der Waals surface area contributed by atoms with Gasteiger partial charge in [-0.2, -0.15) is 0 Å². The minimum atomic E-state index is 0.550. The number of para-hydroxylation sites is 1. The van der Waals surface area contributed by atoms with Crippen LogP contribution in [-0.4, -0.2) is 41.1 Å². The number of aryl methyl sites for hydroxylation is 1. The van der Waals surface area contributed by atoms with Gasteiger partial charge in [-0.3, -0.25) is 0 Å². The van der Waals surface area contributed by atoms with Crippen LogP contribution in [-0.2, 0) is 0 Å². The molecule has 1 aliphatic rings. The molecule has 0 atom stereocenters. The molecule has 0 radical (unpaired) electrons. The second kappa shape index (κ2) is 7.49. The lowest BCUT2D eigenvalue weighted by Crippen LogP contribution is -2.47. The number of pyridine rings is 1. The Hall–Kier alpha value is -3.35. The molecule has 3 N–H and O–H groups in total. The Balaban J connectivity index is 1.48. The first-order valence-electron chi connectivity index (χ1n) is 9.07. The van der Waals surface area contributed by atoms with E-state index < -0.39 is 0 Å². The van der Waals surface area contributed by atoms with Crippen LogP contribution < -0.4 is 20.9 Å². The fourth-order valence-corrected chi connectivity index (χ4v) is 3.29. The maximum absolute atomic E-state index is 6.38. The molecular weight excluding hydrogens is 338 g/mol. The lowest BCUT2D eigenvalue weighted by molar-refractivity contribution is 0.647. The van der Waals surface area contributed by atoms with E-state index in [2.05, 4.69) is 54.3 Å². The molecule has 7 heteroatoms. The Morgan fingerprint density at radius 2 is 1.63 bits per heavy atom. The summed E-state index contributed by atoms with van der Waals surface area (Å²) in [5, 5.41) is 3.20. The van der Waals surface area contributed by atoms with Crippen molar-refractivity contribution in [3.05, 3.63) is 60.6 Å². The van der Waals surface area contributed by atoms with Gasteiger partial charge in [-0.15, -0.1) is 0 Å². The SMILES string of the molecule is Cc1cccc(Nc2ncnc(N3CCN(c4ccccc4)CC3)c2N)n1. The van der Waals surface area contributed by atoms with E-state index in [0.717, 1.165) is 43.5 Å². The number of nitrogens with one attached hydrogen (secondary N) is 1. The highest BCUT2D eigenvalue weighted by molar-refractivity contribution is 5.77. The van der Waals surface area contributed by atoms with E-state index in [1.807, 2.05) is 31.2 Å². The highest BCUT2D eigenvalue weighted by Gasteiger charge is 2.21. The van der Waals surface area contributed by atoms with Crippen LogP contribution >= 0.6 is 0 Å². The summed E-state index contributed by atoms with van der Waals surface area (Å²) in [4.78, 5) is 17.8. The van der Waals surface area contributed by atoms with Gasteiger partial charge < -0.3 is 20.9 Å². The first-order valence-corrected chi connectivity index (χ1v) is 9.07. The summed E-state index contributed by atoms with van der Waals surface area (Å²) >= 11 is 0. The monoisotopic (exact) mass is 361 g/mol. The third kappa shape index (κ3) is 3.76. The largest absolute Gasteiger partial charge is 0.393 e. The topological polar surface area (TPSA) is 83.2 Å². The smallest absolute Gasteiger partial charge is 0.160 e. The summed E-state index contributed by atoms with van der Waals surface area (Å²) in [6, 6.07) is 16.3. The molecule has 0 saturated carbocycles. The second-order valence-corrected chi connectivity index (χ2v) is 6.56. The zero-order valence-electron chi connectivity index (χ0n) is 15.3. The number of aromatic nitrogens is 3. The van der Waals surface area contributed by atoms with Gasteiger partial charge in [0.1, 0.15) is 17.8 Å². The Morgan fingerprint density at radius 3 is 2.37 bits per heavy atom. The maximum Gasteiger partial charge on any atom is 0.160 e. The van der Waals surface area contributed by atoms with Crippen LogP contribution in [0.2, 0.25) is 0 Å². The van der Waals surface area contributed by atoms with Gasteiger partial charge >= 0.3 is 0 Å². The van der Waals surface area contributed by atoms with E-state index in [-0.39, 0.29) is 0 Å². The molecule has 0 amide bonds. The second-order valence-electron chi connectivity index (χ2n) is 6.56. The molecule has 0 unspecified atom stereocenters. The Kier molecular flexibility index (Phi) is 4.74. The van der Waals surface area contributed by atoms with Crippen molar-refractivity contribution in [2.45, 2.75) is 6.92 Å². The molecule has 3 aromatic rings. The van der Waals surface area contributed by atoms with E-state index in [1.165, 1.54) is 5.69 Å². The number of nitrogens with two attached hydrogens (primary N) is 1. The van der Waals surface area contributed by atoms with Gasteiger partial charge in [-0.05, 0) is 31.2 Å². The Morgan fingerprint density at radius 1 is 0.889 bits per heavy atom. The fraction of sp³-hybridized carbons (Fsp3) is 0.250. The van der Waals surface area contributed by atoms with Crippen LogP contribution in [0.15, 0.2) is 54.9 Å². The van der Waals surface area contributed by atoms with E-state index in [4.69, 9.17) is 5.73 Å². The number of piperazine rings is 1. The predicted octanol–water partition coefficient (Wildman–Crippen LogP) is 2.83. The van der Waals surface area contributed by atoms with Gasteiger partial charge in [-0.25, -0.2) is 15.0 Å². The molecule has 1 aromatic carbocycles. The van der Waals surface area contributed by atoms with Gasteiger partial charge in [-0.1, -0.05) is 24.3 Å². The van der Waals surface area contributed by atoms with Crippen LogP contribution in [0.5, 0.6) is 0 Å².